The number of nitriles is 1. The fourth-order valence-electron chi connectivity index (χ4n) is 7.02. The van der Waals surface area contributed by atoms with Crippen LogP contribution in [0.1, 0.15) is 52.0 Å². The van der Waals surface area contributed by atoms with Gasteiger partial charge in [-0.2, -0.15) is 5.26 Å². The highest BCUT2D eigenvalue weighted by Gasteiger charge is 2.20. The highest BCUT2D eigenvalue weighted by atomic mass is 35.5. The summed E-state index contributed by atoms with van der Waals surface area (Å²) < 4.78 is 21.1. The molecule has 1 aliphatic rings. The third-order valence-electron chi connectivity index (χ3n) is 10.1. The molecule has 3 aromatic carbocycles. The van der Waals surface area contributed by atoms with Gasteiger partial charge >= 0.3 is 0 Å². The van der Waals surface area contributed by atoms with Gasteiger partial charge < -0.3 is 33.9 Å². The second-order valence-corrected chi connectivity index (χ2v) is 14.3. The van der Waals surface area contributed by atoms with Crippen LogP contribution >= 0.6 is 11.6 Å². The van der Waals surface area contributed by atoms with Crippen molar-refractivity contribution in [3.8, 4) is 34.4 Å². The van der Waals surface area contributed by atoms with Crippen LogP contribution in [-0.4, -0.2) is 56.7 Å². The zero-order valence-electron chi connectivity index (χ0n) is 31.2. The number of ether oxygens (including phenoxy) is 3. The molecule has 1 atom stereocenters. The summed E-state index contributed by atoms with van der Waals surface area (Å²) in [5.74, 6) is 2.88. The van der Waals surface area contributed by atoms with Crippen LogP contribution in [0.2, 0.25) is 5.02 Å². The fraction of sp³-hybridized carbons (Fsp3) is 0.295. The van der Waals surface area contributed by atoms with Gasteiger partial charge in [-0.15, -0.1) is 0 Å². The van der Waals surface area contributed by atoms with Gasteiger partial charge in [0.05, 0.1) is 41.6 Å². The molecule has 282 valence electrons. The molecule has 11 heteroatoms. The maximum Gasteiger partial charge on any atom is 0.142 e. The molecule has 1 saturated heterocycles. The number of benzene rings is 3. The van der Waals surface area contributed by atoms with E-state index in [4.69, 9.17) is 25.8 Å². The van der Waals surface area contributed by atoms with Crippen molar-refractivity contribution in [2.75, 3.05) is 26.2 Å². The molecular formula is C44H45ClN6O4. The van der Waals surface area contributed by atoms with E-state index in [1.165, 1.54) is 6.20 Å². The van der Waals surface area contributed by atoms with Crippen molar-refractivity contribution in [2.24, 2.45) is 0 Å². The number of aliphatic hydroxyl groups excluding tert-OH is 1. The Kier molecular flexibility index (Phi) is 12.3. The van der Waals surface area contributed by atoms with Crippen molar-refractivity contribution < 1.29 is 19.3 Å². The minimum Gasteiger partial charge on any atom is -0.493 e. The Hall–Kier alpha value is -5.44. The number of fused-ring (bicyclic) bond motifs is 1. The number of nitrogens with one attached hydrogen (secondary N) is 1. The van der Waals surface area contributed by atoms with Crippen LogP contribution in [0.5, 0.6) is 17.2 Å². The van der Waals surface area contributed by atoms with Gasteiger partial charge in [0, 0.05) is 62.0 Å². The van der Waals surface area contributed by atoms with Gasteiger partial charge in [0.25, 0.3) is 0 Å². The third-order valence-corrected chi connectivity index (χ3v) is 10.4. The van der Waals surface area contributed by atoms with E-state index >= 15 is 0 Å². The monoisotopic (exact) mass is 756 g/mol. The average Bonchev–Trinajstić information content (AvgIpc) is 3.82. The summed E-state index contributed by atoms with van der Waals surface area (Å²) in [5.41, 5.74) is 8.59. The minimum atomic E-state index is -0.204. The largest absolute Gasteiger partial charge is 0.493 e. The number of pyridine rings is 2. The maximum atomic E-state index is 9.81. The Labute approximate surface area is 326 Å². The summed E-state index contributed by atoms with van der Waals surface area (Å²) in [7, 11) is 0. The molecule has 3 aromatic heterocycles. The van der Waals surface area contributed by atoms with E-state index in [9.17, 15) is 10.4 Å². The van der Waals surface area contributed by atoms with E-state index in [0.29, 0.717) is 48.4 Å². The summed E-state index contributed by atoms with van der Waals surface area (Å²) in [6, 6.07) is 26.1. The molecule has 6 aromatic rings. The number of aromatic nitrogens is 3. The summed E-state index contributed by atoms with van der Waals surface area (Å²) in [6.45, 7) is 8.99. The molecule has 0 amide bonds. The lowest BCUT2D eigenvalue weighted by Crippen LogP contribution is -2.24. The van der Waals surface area contributed by atoms with Gasteiger partial charge in [-0.25, -0.2) is 4.98 Å². The van der Waals surface area contributed by atoms with Crippen molar-refractivity contribution in [3.05, 3.63) is 142 Å². The fourth-order valence-corrected chi connectivity index (χ4v) is 7.26. The van der Waals surface area contributed by atoms with Gasteiger partial charge in [-0.1, -0.05) is 48.0 Å². The molecule has 7 rings (SSSR count). The van der Waals surface area contributed by atoms with Gasteiger partial charge in [0.2, 0.25) is 0 Å². The lowest BCUT2D eigenvalue weighted by Gasteiger charge is -2.19. The highest BCUT2D eigenvalue weighted by molar-refractivity contribution is 6.32. The zero-order valence-corrected chi connectivity index (χ0v) is 31.9. The summed E-state index contributed by atoms with van der Waals surface area (Å²) in [5, 5.41) is 23.1. The zero-order chi connectivity index (χ0) is 38.1. The molecule has 2 N–H and O–H groups in total. The van der Waals surface area contributed by atoms with Crippen LogP contribution < -0.4 is 19.5 Å². The molecule has 0 saturated carbocycles. The Morgan fingerprint density at radius 1 is 0.873 bits per heavy atom. The van der Waals surface area contributed by atoms with Crippen LogP contribution in [0.4, 0.5) is 0 Å². The van der Waals surface area contributed by atoms with Crippen molar-refractivity contribution in [1.29, 1.82) is 5.26 Å². The number of rotatable bonds is 16. The summed E-state index contributed by atoms with van der Waals surface area (Å²) in [4.78, 5) is 11.0. The second kappa shape index (κ2) is 17.8. The predicted molar refractivity (Wildman–Crippen MR) is 213 cm³/mol. The Balaban J connectivity index is 1.05. The first-order valence-electron chi connectivity index (χ1n) is 18.6. The first kappa shape index (κ1) is 37.9. The lowest BCUT2D eigenvalue weighted by atomic mass is 9.93. The van der Waals surface area contributed by atoms with E-state index in [1.807, 2.05) is 54.9 Å². The van der Waals surface area contributed by atoms with Crippen LogP contribution in [-0.2, 0) is 26.3 Å². The highest BCUT2D eigenvalue weighted by Crippen LogP contribution is 2.36. The topological polar surface area (TPSA) is 117 Å². The number of nitrogens with zero attached hydrogens (tertiary/aromatic N) is 5. The average molecular weight is 757 g/mol. The van der Waals surface area contributed by atoms with E-state index in [-0.39, 0.29) is 12.7 Å². The maximum absolute atomic E-state index is 9.81. The van der Waals surface area contributed by atoms with Gasteiger partial charge in [0.15, 0.2) is 0 Å². The molecular weight excluding hydrogens is 712 g/mol. The number of halogens is 1. The van der Waals surface area contributed by atoms with Crippen molar-refractivity contribution in [2.45, 2.75) is 59.1 Å². The molecule has 0 spiro atoms. The SMILES string of the molecule is Cc1c(COc2cc(OCc3cncc(C#N)c3)c(CNCc3ncc4ccccn34)cc2Cl)cccc1-c1cccc(OCCCN2CCC(O)C2)c1C. The van der Waals surface area contributed by atoms with E-state index in [0.717, 1.165) is 88.5 Å². The number of hydrogen-bond donors (Lipinski definition) is 2. The lowest BCUT2D eigenvalue weighted by molar-refractivity contribution is 0.173. The number of imidazole rings is 1. The molecule has 1 fully saturated rings. The predicted octanol–water partition coefficient (Wildman–Crippen LogP) is 7.82. The molecule has 55 heavy (non-hydrogen) atoms. The number of aliphatic hydroxyl groups is 1. The van der Waals surface area contributed by atoms with Gasteiger partial charge in [-0.05, 0) is 84.8 Å². The molecule has 0 bridgehead atoms. The normalized spacial score (nSPS) is 14.3. The standard InChI is InChI=1S/C44H45ClN6O4/c1-30-34(8-5-10-38(30)39-11-6-12-41(31(39)2)53-17-7-14-50-16-13-37(52)27-50)29-55-43-20-42(54-28-33-18-32(21-46)22-47-23-33)35(19-40(43)45)24-48-26-44-49-25-36-9-3-4-15-51(36)44/h3-6,8-12,15,18-20,22-23,25,37,48,52H,7,13-14,16-17,24,26-29H2,1-2H3. The van der Waals surface area contributed by atoms with E-state index in [1.54, 1.807) is 12.3 Å². The Morgan fingerprint density at radius 2 is 1.71 bits per heavy atom. The van der Waals surface area contributed by atoms with Crippen LogP contribution in [0.15, 0.2) is 97.6 Å². The minimum absolute atomic E-state index is 0.204. The Morgan fingerprint density at radius 3 is 2.55 bits per heavy atom. The molecule has 4 heterocycles. The smallest absolute Gasteiger partial charge is 0.142 e. The van der Waals surface area contributed by atoms with Crippen LogP contribution in [0.25, 0.3) is 16.6 Å². The van der Waals surface area contributed by atoms with Crippen molar-refractivity contribution in [3.63, 3.8) is 0 Å². The van der Waals surface area contributed by atoms with E-state index in [2.05, 4.69) is 68.8 Å². The molecule has 0 radical (unpaired) electrons. The first-order valence-corrected chi connectivity index (χ1v) is 19.0. The quantitative estimate of drug-likeness (QED) is 0.0954. The number of likely N-dealkylation sites (tertiary alicyclic amines) is 1. The van der Waals surface area contributed by atoms with Gasteiger partial charge in [0.1, 0.15) is 42.4 Å². The summed E-state index contributed by atoms with van der Waals surface area (Å²) in [6.07, 6.45) is 8.62. The van der Waals surface area contributed by atoms with Crippen molar-refractivity contribution in [1.82, 2.24) is 24.6 Å². The molecule has 0 aliphatic carbocycles. The number of β-amino-alcohol motifs (C(OH)–C–C–N with tert-alkyl or cyclic N) is 1. The van der Waals surface area contributed by atoms with Gasteiger partial charge in [-0.3, -0.25) is 4.98 Å². The van der Waals surface area contributed by atoms with Crippen LogP contribution in [0.3, 0.4) is 0 Å². The van der Waals surface area contributed by atoms with Crippen LogP contribution in [0, 0.1) is 25.2 Å². The van der Waals surface area contributed by atoms with E-state index < -0.39 is 0 Å². The third kappa shape index (κ3) is 9.27. The molecule has 10 nitrogen and oxygen atoms in total. The molecule has 1 unspecified atom stereocenters. The van der Waals surface area contributed by atoms with Crippen molar-refractivity contribution >= 4 is 17.1 Å². The summed E-state index contributed by atoms with van der Waals surface area (Å²) >= 11 is 6.88. The molecule has 1 aliphatic heterocycles. The Bertz CT molecular complexity index is 2300. The first-order chi connectivity index (χ1) is 26.9. The number of hydrogen-bond acceptors (Lipinski definition) is 9. The second-order valence-electron chi connectivity index (χ2n) is 13.9.